The van der Waals surface area contributed by atoms with E-state index in [2.05, 4.69) is 12.2 Å². The second-order valence-electron chi connectivity index (χ2n) is 4.54. The van der Waals surface area contributed by atoms with Crippen molar-refractivity contribution in [1.29, 1.82) is 0 Å². The Morgan fingerprint density at radius 3 is 3.00 bits per heavy atom. The van der Waals surface area contributed by atoms with Gasteiger partial charge in [0.05, 0.1) is 6.54 Å². The summed E-state index contributed by atoms with van der Waals surface area (Å²) in [5.74, 6) is 0.430. The Kier molecular flexibility index (Phi) is 4.39. The molecule has 0 radical (unpaired) electrons. The number of benzene rings is 1. The van der Waals surface area contributed by atoms with Crippen molar-refractivity contribution in [2.75, 3.05) is 13.1 Å². The molecule has 5 nitrogen and oxygen atoms in total. The summed E-state index contributed by atoms with van der Waals surface area (Å²) in [6.45, 7) is 3.16. The number of nitrogens with one attached hydrogen (secondary N) is 1. The Morgan fingerprint density at radius 2 is 2.21 bits per heavy atom. The fraction of sp³-hybridized carbons (Fsp3) is 0.429. The Balaban J connectivity index is 1.92. The molecule has 1 heterocycles. The highest BCUT2D eigenvalue weighted by molar-refractivity contribution is 5.83. The zero-order valence-corrected chi connectivity index (χ0v) is 11.0. The van der Waals surface area contributed by atoms with Crippen molar-refractivity contribution in [3.63, 3.8) is 0 Å². The molecule has 5 heteroatoms. The first-order chi connectivity index (χ1) is 9.20. The number of hydrogen-bond donors (Lipinski definition) is 1. The van der Waals surface area contributed by atoms with Crippen LogP contribution in [0.15, 0.2) is 24.3 Å². The third kappa shape index (κ3) is 3.47. The zero-order chi connectivity index (χ0) is 13.7. The maximum Gasteiger partial charge on any atom is 0.416 e. The molecule has 0 saturated carbocycles. The first-order valence-corrected chi connectivity index (χ1v) is 6.52. The molecular formula is C14H18N2O3. The predicted octanol–water partition coefficient (Wildman–Crippen LogP) is 1.92. The SMILES string of the molecule is CCCCNC(=O)CN1Cc2ccccc2OC1=O. The molecule has 0 bridgehead atoms. The lowest BCUT2D eigenvalue weighted by molar-refractivity contribution is -0.122. The molecule has 1 aliphatic rings. The van der Waals surface area contributed by atoms with E-state index in [0.717, 1.165) is 18.4 Å². The molecule has 1 aromatic rings. The van der Waals surface area contributed by atoms with Gasteiger partial charge in [-0.3, -0.25) is 9.69 Å². The smallest absolute Gasteiger partial charge is 0.410 e. The Bertz CT molecular complexity index is 474. The van der Waals surface area contributed by atoms with Gasteiger partial charge in [0.1, 0.15) is 12.3 Å². The van der Waals surface area contributed by atoms with Crippen molar-refractivity contribution in [1.82, 2.24) is 10.2 Å². The highest BCUT2D eigenvalue weighted by Gasteiger charge is 2.25. The second kappa shape index (κ2) is 6.22. The summed E-state index contributed by atoms with van der Waals surface area (Å²) >= 11 is 0. The second-order valence-corrected chi connectivity index (χ2v) is 4.54. The van der Waals surface area contributed by atoms with Crippen molar-refractivity contribution in [2.24, 2.45) is 0 Å². The fourth-order valence-corrected chi connectivity index (χ4v) is 1.92. The summed E-state index contributed by atoms with van der Waals surface area (Å²) < 4.78 is 5.18. The van der Waals surface area contributed by atoms with Crippen molar-refractivity contribution in [2.45, 2.75) is 26.3 Å². The van der Waals surface area contributed by atoms with Crippen LogP contribution < -0.4 is 10.1 Å². The molecule has 102 valence electrons. The first kappa shape index (κ1) is 13.4. The lowest BCUT2D eigenvalue weighted by atomic mass is 10.1. The molecule has 19 heavy (non-hydrogen) atoms. The van der Waals surface area contributed by atoms with Gasteiger partial charge in [0.2, 0.25) is 5.91 Å². The Morgan fingerprint density at radius 1 is 1.42 bits per heavy atom. The van der Waals surface area contributed by atoms with Crippen LogP contribution in [0.25, 0.3) is 0 Å². The molecule has 1 aromatic carbocycles. The van der Waals surface area contributed by atoms with Gasteiger partial charge in [-0.15, -0.1) is 0 Å². The minimum Gasteiger partial charge on any atom is -0.410 e. The largest absolute Gasteiger partial charge is 0.416 e. The first-order valence-electron chi connectivity index (χ1n) is 6.52. The van der Waals surface area contributed by atoms with E-state index in [1.165, 1.54) is 4.90 Å². The molecule has 0 aromatic heterocycles. The lowest BCUT2D eigenvalue weighted by Crippen LogP contribution is -2.43. The summed E-state index contributed by atoms with van der Waals surface area (Å²) in [5, 5.41) is 2.79. The third-order valence-electron chi connectivity index (χ3n) is 2.98. The monoisotopic (exact) mass is 262 g/mol. The fourth-order valence-electron chi connectivity index (χ4n) is 1.92. The highest BCUT2D eigenvalue weighted by Crippen LogP contribution is 2.24. The number of carbonyl (C=O) groups excluding carboxylic acids is 2. The topological polar surface area (TPSA) is 58.6 Å². The van der Waals surface area contributed by atoms with E-state index in [-0.39, 0.29) is 12.5 Å². The number of nitrogens with zero attached hydrogens (tertiary/aromatic N) is 1. The number of hydrogen-bond acceptors (Lipinski definition) is 3. The van der Waals surface area contributed by atoms with Crippen LogP contribution in [0.1, 0.15) is 25.3 Å². The van der Waals surface area contributed by atoms with Crippen LogP contribution in [0.5, 0.6) is 5.75 Å². The maximum atomic E-state index is 11.7. The van der Waals surface area contributed by atoms with E-state index < -0.39 is 6.09 Å². The number of ether oxygens (including phenoxy) is 1. The van der Waals surface area contributed by atoms with Gasteiger partial charge in [-0.25, -0.2) is 4.79 Å². The molecule has 0 atom stereocenters. The van der Waals surface area contributed by atoms with Gasteiger partial charge in [0.25, 0.3) is 0 Å². The van der Waals surface area contributed by atoms with Crippen LogP contribution in [0.2, 0.25) is 0 Å². The van der Waals surface area contributed by atoms with Crippen molar-refractivity contribution in [3.05, 3.63) is 29.8 Å². The van der Waals surface area contributed by atoms with Gasteiger partial charge in [0.15, 0.2) is 0 Å². The predicted molar refractivity (Wildman–Crippen MR) is 70.8 cm³/mol. The quantitative estimate of drug-likeness (QED) is 0.825. The average molecular weight is 262 g/mol. The minimum absolute atomic E-state index is 0.0386. The van der Waals surface area contributed by atoms with Crippen LogP contribution in [-0.2, 0) is 11.3 Å². The average Bonchev–Trinajstić information content (AvgIpc) is 2.40. The molecule has 0 aliphatic carbocycles. The van der Waals surface area contributed by atoms with E-state index in [1.807, 2.05) is 18.2 Å². The van der Waals surface area contributed by atoms with Gasteiger partial charge >= 0.3 is 6.09 Å². The number of fused-ring (bicyclic) bond motifs is 1. The van der Waals surface area contributed by atoms with Crippen LogP contribution in [0.3, 0.4) is 0 Å². The number of rotatable bonds is 5. The summed E-state index contributed by atoms with van der Waals surface area (Å²) in [7, 11) is 0. The lowest BCUT2D eigenvalue weighted by Gasteiger charge is -2.27. The molecule has 0 unspecified atom stereocenters. The van der Waals surface area contributed by atoms with Crippen LogP contribution in [-0.4, -0.2) is 30.0 Å². The highest BCUT2D eigenvalue weighted by atomic mass is 16.6. The minimum atomic E-state index is -0.468. The molecule has 2 rings (SSSR count). The van der Waals surface area contributed by atoms with Gasteiger partial charge in [-0.05, 0) is 12.5 Å². The van der Waals surface area contributed by atoms with Gasteiger partial charge in [0, 0.05) is 12.1 Å². The normalized spacial score (nSPS) is 13.7. The third-order valence-corrected chi connectivity index (χ3v) is 2.98. The van der Waals surface area contributed by atoms with Crippen LogP contribution in [0.4, 0.5) is 4.79 Å². The van der Waals surface area contributed by atoms with Crippen molar-refractivity contribution >= 4 is 12.0 Å². The molecule has 0 saturated heterocycles. The summed E-state index contributed by atoms with van der Waals surface area (Å²) in [6.07, 6.45) is 1.50. The van der Waals surface area contributed by atoms with Crippen LogP contribution >= 0.6 is 0 Å². The van der Waals surface area contributed by atoms with E-state index in [4.69, 9.17) is 4.74 Å². The Labute approximate surface area is 112 Å². The van der Waals surface area contributed by atoms with Gasteiger partial charge < -0.3 is 10.1 Å². The van der Waals surface area contributed by atoms with Crippen molar-refractivity contribution < 1.29 is 14.3 Å². The molecule has 0 fully saturated rings. The van der Waals surface area contributed by atoms with E-state index >= 15 is 0 Å². The molecule has 0 spiro atoms. The van der Waals surface area contributed by atoms with Crippen LogP contribution in [0, 0.1) is 0 Å². The maximum absolute atomic E-state index is 11.7. The standard InChI is InChI=1S/C14H18N2O3/c1-2-3-8-15-13(17)10-16-9-11-6-4-5-7-12(11)19-14(16)18/h4-7H,2-3,8-10H2,1H3,(H,15,17). The number of unbranched alkanes of at least 4 members (excludes halogenated alkanes) is 1. The van der Waals surface area contributed by atoms with E-state index in [1.54, 1.807) is 6.07 Å². The molecule has 1 N–H and O–H groups in total. The molecule has 2 amide bonds. The van der Waals surface area contributed by atoms with E-state index in [0.29, 0.717) is 18.8 Å². The molecule has 1 aliphatic heterocycles. The Hall–Kier alpha value is -2.04. The number of para-hydroxylation sites is 1. The molecular weight excluding hydrogens is 244 g/mol. The summed E-state index contributed by atoms with van der Waals surface area (Å²) in [5.41, 5.74) is 0.920. The zero-order valence-electron chi connectivity index (χ0n) is 11.0. The van der Waals surface area contributed by atoms with Gasteiger partial charge in [-0.1, -0.05) is 31.5 Å². The van der Waals surface area contributed by atoms with Gasteiger partial charge in [-0.2, -0.15) is 0 Å². The number of amides is 2. The van der Waals surface area contributed by atoms with Crippen molar-refractivity contribution in [3.8, 4) is 5.75 Å². The van der Waals surface area contributed by atoms with E-state index in [9.17, 15) is 9.59 Å². The summed E-state index contributed by atoms with van der Waals surface area (Å²) in [6, 6.07) is 7.35. The summed E-state index contributed by atoms with van der Waals surface area (Å²) in [4.78, 5) is 24.8. The number of carbonyl (C=O) groups is 2.